The van der Waals surface area contributed by atoms with Gasteiger partial charge in [0, 0.05) is 65.5 Å². The molecule has 2 saturated heterocycles. The monoisotopic (exact) mass is 572 g/mol. The molecule has 0 spiro atoms. The molecule has 0 aromatic rings. The van der Waals surface area contributed by atoms with Crippen molar-refractivity contribution >= 4 is 5.91 Å². The van der Waals surface area contributed by atoms with Gasteiger partial charge in [0.25, 0.3) is 0 Å². The highest BCUT2D eigenvalue weighted by molar-refractivity contribution is 5.78. The lowest BCUT2D eigenvalue weighted by atomic mass is 9.88. The van der Waals surface area contributed by atoms with Crippen molar-refractivity contribution in [2.75, 3.05) is 86.2 Å². The normalized spacial score (nSPS) is 23.6. The minimum atomic E-state index is 0.167. The predicted octanol–water partition coefficient (Wildman–Crippen LogP) is 4.34. The molecule has 2 aliphatic heterocycles. The van der Waals surface area contributed by atoms with Crippen LogP contribution < -0.4 is 10.6 Å². The Kier molecular flexibility index (Phi) is 24.3. The Hall–Kier alpha value is -0.770. The maximum absolute atomic E-state index is 12.5. The number of nitrogens with zero attached hydrogens (tertiary/aromatic N) is 3. The first-order chi connectivity index (χ1) is 19.4. The maximum Gasteiger partial charge on any atom is 0.234 e. The van der Waals surface area contributed by atoms with Gasteiger partial charge < -0.3 is 25.0 Å². The van der Waals surface area contributed by atoms with Crippen LogP contribution in [0.3, 0.4) is 0 Å². The lowest BCUT2D eigenvalue weighted by Gasteiger charge is -2.41. The molecule has 1 saturated carbocycles. The van der Waals surface area contributed by atoms with E-state index < -0.39 is 0 Å². The molecule has 2 unspecified atom stereocenters. The van der Waals surface area contributed by atoms with E-state index >= 15 is 0 Å². The van der Waals surface area contributed by atoms with Crippen molar-refractivity contribution < 1.29 is 14.3 Å². The molecule has 3 rings (SSSR count). The Bertz CT molecular complexity index is 575. The lowest BCUT2D eigenvalue weighted by molar-refractivity contribution is -0.127. The van der Waals surface area contributed by atoms with Gasteiger partial charge in [0.15, 0.2) is 0 Å². The first-order valence-electron chi connectivity index (χ1n) is 16.7. The molecule has 8 heteroatoms. The van der Waals surface area contributed by atoms with E-state index in [9.17, 15) is 4.79 Å². The number of nitrogens with one attached hydrogen (secondary N) is 2. The highest BCUT2D eigenvalue weighted by Crippen LogP contribution is 2.28. The van der Waals surface area contributed by atoms with Gasteiger partial charge in [-0.2, -0.15) is 0 Å². The second-order valence-corrected chi connectivity index (χ2v) is 11.1. The predicted molar refractivity (Wildman–Crippen MR) is 171 cm³/mol. The summed E-state index contributed by atoms with van der Waals surface area (Å²) < 4.78 is 11.5. The van der Waals surface area contributed by atoms with Crippen molar-refractivity contribution in [1.29, 1.82) is 0 Å². The van der Waals surface area contributed by atoms with Crippen LogP contribution >= 0.6 is 0 Å². The Balaban J connectivity index is 0.00000237. The Morgan fingerprint density at radius 3 is 1.95 bits per heavy atom. The smallest absolute Gasteiger partial charge is 0.234 e. The maximum atomic E-state index is 12.5. The van der Waals surface area contributed by atoms with E-state index in [2.05, 4.69) is 39.2 Å². The molecular formula is C32H69N5O3. The van der Waals surface area contributed by atoms with Crippen LogP contribution in [-0.4, -0.2) is 125 Å². The Morgan fingerprint density at radius 2 is 1.40 bits per heavy atom. The molecule has 40 heavy (non-hydrogen) atoms. The Morgan fingerprint density at radius 1 is 0.825 bits per heavy atom. The molecular weight excluding hydrogens is 502 g/mol. The summed E-state index contributed by atoms with van der Waals surface area (Å²) in [5, 5.41) is 6.51. The summed E-state index contributed by atoms with van der Waals surface area (Å²) in [7, 11) is 3.79. The minimum absolute atomic E-state index is 0.167. The third-order valence-corrected chi connectivity index (χ3v) is 7.75. The molecule has 2 atom stereocenters. The van der Waals surface area contributed by atoms with Crippen LogP contribution in [0.4, 0.5) is 0 Å². The molecule has 3 aliphatic rings. The summed E-state index contributed by atoms with van der Waals surface area (Å²) in [5.41, 5.74) is 0. The molecule has 0 radical (unpaired) electrons. The first-order valence-corrected chi connectivity index (χ1v) is 16.7. The number of rotatable bonds is 14. The molecule has 0 aromatic heterocycles. The third kappa shape index (κ3) is 16.6. The van der Waals surface area contributed by atoms with Gasteiger partial charge in [0.2, 0.25) is 5.91 Å². The topological polar surface area (TPSA) is 69.3 Å². The van der Waals surface area contributed by atoms with E-state index in [1.54, 1.807) is 7.11 Å². The molecule has 8 nitrogen and oxygen atoms in total. The third-order valence-electron chi connectivity index (χ3n) is 7.75. The molecule has 240 valence electrons. The summed E-state index contributed by atoms with van der Waals surface area (Å²) in [5.74, 6) is 1.65. The lowest BCUT2D eigenvalue weighted by Crippen LogP contribution is -2.54. The van der Waals surface area contributed by atoms with E-state index in [1.165, 1.54) is 13.0 Å². The summed E-state index contributed by atoms with van der Waals surface area (Å²) in [6.45, 7) is 27.6. The second kappa shape index (κ2) is 24.8. The van der Waals surface area contributed by atoms with Crippen LogP contribution in [0.25, 0.3) is 0 Å². The largest absolute Gasteiger partial charge is 0.383 e. The zero-order valence-electron chi connectivity index (χ0n) is 28.3. The minimum Gasteiger partial charge on any atom is -0.383 e. The highest BCUT2D eigenvalue weighted by Gasteiger charge is 2.34. The average molecular weight is 572 g/mol. The van der Waals surface area contributed by atoms with Gasteiger partial charge in [-0.25, -0.2) is 0 Å². The summed E-state index contributed by atoms with van der Waals surface area (Å²) in [4.78, 5) is 19.7. The SMILES string of the molecule is CC.CC.CC.CNCC(C)CC(C)CN1CCC(OC2CC(NC(=O)CN3CCN(CCOC)CC3)C2)CC1. The zero-order valence-corrected chi connectivity index (χ0v) is 28.3. The Labute approximate surface area is 249 Å². The zero-order chi connectivity index (χ0) is 30.3. The van der Waals surface area contributed by atoms with Crippen LogP contribution in [0.1, 0.15) is 87.5 Å². The standard InChI is InChI=1S/C26H51N5O3.3C2H6/c1-21(18-27-3)15-22(2)19-30-7-5-24(6-8-30)34-25-16-23(17-25)28-26(32)20-31-11-9-29(10-12-31)13-14-33-4;3*1-2/h21-25,27H,5-20H2,1-4H3,(H,28,32);3*1-2H3. The number of carbonyl (C=O) groups is 1. The number of hydrogen-bond donors (Lipinski definition) is 2. The van der Waals surface area contributed by atoms with Crippen molar-refractivity contribution in [2.45, 2.75) is 106 Å². The van der Waals surface area contributed by atoms with E-state index in [0.29, 0.717) is 24.8 Å². The number of methoxy groups -OCH3 is 1. The number of piperazine rings is 1. The number of hydrogen-bond acceptors (Lipinski definition) is 7. The second-order valence-electron chi connectivity index (χ2n) is 11.1. The number of ether oxygens (including phenoxy) is 2. The fraction of sp³-hybridized carbons (Fsp3) is 0.969. The van der Waals surface area contributed by atoms with Gasteiger partial charge >= 0.3 is 0 Å². The van der Waals surface area contributed by atoms with Crippen molar-refractivity contribution in [3.63, 3.8) is 0 Å². The van der Waals surface area contributed by atoms with Crippen molar-refractivity contribution in [3.8, 4) is 0 Å². The summed E-state index contributed by atoms with van der Waals surface area (Å²) in [6.07, 6.45) is 6.23. The fourth-order valence-corrected chi connectivity index (χ4v) is 5.80. The van der Waals surface area contributed by atoms with Crippen molar-refractivity contribution in [3.05, 3.63) is 0 Å². The first kappa shape index (κ1) is 39.2. The van der Waals surface area contributed by atoms with Crippen LogP contribution in [0.5, 0.6) is 0 Å². The summed E-state index contributed by atoms with van der Waals surface area (Å²) in [6, 6.07) is 0.293. The highest BCUT2D eigenvalue weighted by atomic mass is 16.5. The molecule has 1 aliphatic carbocycles. The molecule has 2 heterocycles. The van der Waals surface area contributed by atoms with E-state index in [0.717, 1.165) is 96.5 Å². The molecule has 0 aromatic carbocycles. The van der Waals surface area contributed by atoms with Gasteiger partial charge in [0.1, 0.15) is 0 Å². The number of amides is 1. The van der Waals surface area contributed by atoms with Gasteiger partial charge in [-0.1, -0.05) is 55.4 Å². The van der Waals surface area contributed by atoms with Gasteiger partial charge in [-0.3, -0.25) is 14.6 Å². The van der Waals surface area contributed by atoms with Gasteiger partial charge in [-0.05, 0) is 57.5 Å². The van der Waals surface area contributed by atoms with E-state index in [-0.39, 0.29) is 5.91 Å². The number of likely N-dealkylation sites (tertiary alicyclic amines) is 1. The van der Waals surface area contributed by atoms with Crippen molar-refractivity contribution in [2.24, 2.45) is 11.8 Å². The van der Waals surface area contributed by atoms with Gasteiger partial charge in [0.05, 0.1) is 25.4 Å². The molecule has 1 amide bonds. The van der Waals surface area contributed by atoms with E-state index in [1.807, 2.05) is 48.6 Å². The molecule has 0 bridgehead atoms. The molecule has 2 N–H and O–H groups in total. The quantitative estimate of drug-likeness (QED) is 0.322. The van der Waals surface area contributed by atoms with Crippen LogP contribution in [0, 0.1) is 11.8 Å². The van der Waals surface area contributed by atoms with Crippen LogP contribution in [0.15, 0.2) is 0 Å². The van der Waals surface area contributed by atoms with Crippen molar-refractivity contribution in [1.82, 2.24) is 25.3 Å². The number of carbonyl (C=O) groups excluding carboxylic acids is 1. The fourth-order valence-electron chi connectivity index (χ4n) is 5.80. The molecule has 3 fully saturated rings. The summed E-state index contributed by atoms with van der Waals surface area (Å²) >= 11 is 0. The number of piperidine rings is 1. The van der Waals surface area contributed by atoms with Crippen LogP contribution in [-0.2, 0) is 14.3 Å². The van der Waals surface area contributed by atoms with Gasteiger partial charge in [-0.15, -0.1) is 0 Å². The van der Waals surface area contributed by atoms with E-state index in [4.69, 9.17) is 9.47 Å². The van der Waals surface area contributed by atoms with Crippen LogP contribution in [0.2, 0.25) is 0 Å². The average Bonchev–Trinajstić information content (AvgIpc) is 2.95.